The Morgan fingerprint density at radius 1 is 1.35 bits per heavy atom. The van der Waals surface area contributed by atoms with E-state index in [0.29, 0.717) is 5.56 Å². The fourth-order valence-corrected chi connectivity index (χ4v) is 2.94. The average molecular weight is 294 g/mol. The van der Waals surface area contributed by atoms with Crippen LogP contribution < -0.4 is 11.1 Å². The largest absolute Gasteiger partial charge is 0.477 e. The van der Waals surface area contributed by atoms with E-state index in [4.69, 9.17) is 5.73 Å². The van der Waals surface area contributed by atoms with Gasteiger partial charge in [-0.25, -0.2) is 4.79 Å². The molecule has 5 N–H and O–H groups in total. The van der Waals surface area contributed by atoms with E-state index in [-0.39, 0.29) is 18.0 Å². The lowest BCUT2D eigenvalue weighted by molar-refractivity contribution is -0.125. The summed E-state index contributed by atoms with van der Waals surface area (Å²) in [6.07, 6.45) is -1.28. The highest BCUT2D eigenvalue weighted by Gasteiger charge is 2.18. The van der Waals surface area contributed by atoms with Gasteiger partial charge in [-0.05, 0) is 17.0 Å². The van der Waals surface area contributed by atoms with E-state index in [0.717, 1.165) is 10.1 Å². The molecule has 0 aliphatic carbocycles. The molecule has 1 amide bonds. The number of carboxylic acids is 1. The van der Waals surface area contributed by atoms with Crippen LogP contribution in [0.25, 0.3) is 10.1 Å². The number of thiophene rings is 1. The van der Waals surface area contributed by atoms with E-state index in [1.807, 2.05) is 24.3 Å². The Bertz CT molecular complexity index is 653. The molecule has 0 aliphatic rings. The second kappa shape index (κ2) is 6.00. The molecule has 20 heavy (non-hydrogen) atoms. The number of carboxylic acid groups (broad SMARTS) is 1. The van der Waals surface area contributed by atoms with Crippen molar-refractivity contribution >= 4 is 33.3 Å². The molecule has 0 fully saturated rings. The van der Waals surface area contributed by atoms with Crippen LogP contribution in [0.4, 0.5) is 0 Å². The van der Waals surface area contributed by atoms with Crippen molar-refractivity contribution in [3.05, 3.63) is 34.7 Å². The molecule has 1 heterocycles. The van der Waals surface area contributed by atoms with E-state index in [1.165, 1.54) is 11.3 Å². The average Bonchev–Trinajstić information content (AvgIpc) is 2.78. The van der Waals surface area contributed by atoms with E-state index in [1.54, 1.807) is 0 Å². The van der Waals surface area contributed by atoms with Gasteiger partial charge in [0, 0.05) is 17.8 Å². The first-order valence-corrected chi connectivity index (χ1v) is 6.74. The minimum absolute atomic E-state index is 0.0153. The molecule has 6 nitrogen and oxygen atoms in total. The van der Waals surface area contributed by atoms with Crippen molar-refractivity contribution in [1.29, 1.82) is 0 Å². The Hall–Kier alpha value is -1.96. The van der Waals surface area contributed by atoms with Gasteiger partial charge >= 0.3 is 5.97 Å². The number of carbonyl (C=O) groups excluding carboxylic acids is 1. The summed E-state index contributed by atoms with van der Waals surface area (Å²) in [6, 6.07) is 7.38. The van der Waals surface area contributed by atoms with Crippen LogP contribution in [0.15, 0.2) is 24.3 Å². The van der Waals surface area contributed by atoms with Crippen LogP contribution in [-0.2, 0) is 11.3 Å². The summed E-state index contributed by atoms with van der Waals surface area (Å²) in [5.41, 5.74) is 5.59. The van der Waals surface area contributed by atoms with Gasteiger partial charge in [0.1, 0.15) is 11.0 Å². The smallest absolute Gasteiger partial charge is 0.346 e. The molecule has 1 aromatic carbocycles. The fraction of sp³-hybridized carbons (Fsp3) is 0.231. The quantitative estimate of drug-likeness (QED) is 0.621. The molecule has 106 valence electrons. The maximum Gasteiger partial charge on any atom is 0.346 e. The molecule has 0 aliphatic heterocycles. The Kier molecular flexibility index (Phi) is 4.33. The lowest BCUT2D eigenvalue weighted by Gasteiger charge is -2.08. The molecule has 2 rings (SSSR count). The molecule has 1 aromatic heterocycles. The second-order valence-corrected chi connectivity index (χ2v) is 5.31. The lowest BCUT2D eigenvalue weighted by atomic mass is 10.1. The molecular formula is C13H14N2O4S. The number of hydrogen-bond donors (Lipinski definition) is 4. The van der Waals surface area contributed by atoms with Crippen molar-refractivity contribution in [2.45, 2.75) is 12.6 Å². The van der Waals surface area contributed by atoms with Gasteiger partial charge in [-0.3, -0.25) is 4.79 Å². The second-order valence-electron chi connectivity index (χ2n) is 4.26. The maximum absolute atomic E-state index is 11.3. The highest BCUT2D eigenvalue weighted by molar-refractivity contribution is 7.21. The molecule has 0 saturated heterocycles. The van der Waals surface area contributed by atoms with E-state index >= 15 is 0 Å². The van der Waals surface area contributed by atoms with Gasteiger partial charge in [-0.2, -0.15) is 0 Å². The zero-order valence-electron chi connectivity index (χ0n) is 10.5. The predicted molar refractivity (Wildman–Crippen MR) is 75.7 cm³/mol. The summed E-state index contributed by atoms with van der Waals surface area (Å²) in [6.45, 7) is 0.231. The van der Waals surface area contributed by atoms with Gasteiger partial charge in [0.25, 0.3) is 0 Å². The number of aliphatic hydroxyl groups is 1. The van der Waals surface area contributed by atoms with Crippen LogP contribution >= 0.6 is 11.3 Å². The molecule has 0 spiro atoms. The number of carbonyl (C=O) groups is 2. The van der Waals surface area contributed by atoms with Crippen LogP contribution in [0.3, 0.4) is 0 Å². The number of amides is 1. The van der Waals surface area contributed by atoms with Crippen LogP contribution in [0.1, 0.15) is 15.2 Å². The van der Waals surface area contributed by atoms with Gasteiger partial charge in [0.05, 0.1) is 0 Å². The molecule has 0 bridgehead atoms. The summed E-state index contributed by atoms with van der Waals surface area (Å²) < 4.78 is 0.886. The van der Waals surface area contributed by atoms with Gasteiger partial charge in [0.15, 0.2) is 0 Å². The van der Waals surface area contributed by atoms with E-state index < -0.39 is 18.0 Å². The Labute approximate surface area is 118 Å². The summed E-state index contributed by atoms with van der Waals surface area (Å²) >= 11 is 1.20. The van der Waals surface area contributed by atoms with Gasteiger partial charge in [0.2, 0.25) is 5.91 Å². The third-order valence-electron chi connectivity index (χ3n) is 2.86. The molecular weight excluding hydrogens is 280 g/mol. The van der Waals surface area contributed by atoms with Crippen molar-refractivity contribution in [3.63, 3.8) is 0 Å². The van der Waals surface area contributed by atoms with Crippen LogP contribution in [0, 0.1) is 0 Å². The van der Waals surface area contributed by atoms with Gasteiger partial charge in [-0.15, -0.1) is 11.3 Å². The SMILES string of the molecule is NC(=O)C(O)CNCc1c(C(=O)O)sc2ccccc12. The topological polar surface area (TPSA) is 113 Å². The van der Waals surface area contributed by atoms with Crippen LogP contribution in [0.2, 0.25) is 0 Å². The van der Waals surface area contributed by atoms with E-state index in [9.17, 15) is 19.8 Å². The third kappa shape index (κ3) is 2.96. The summed E-state index contributed by atoms with van der Waals surface area (Å²) in [4.78, 5) is 22.2. The number of hydrogen-bond acceptors (Lipinski definition) is 5. The fourth-order valence-electron chi connectivity index (χ4n) is 1.88. The summed E-state index contributed by atoms with van der Waals surface area (Å²) in [7, 11) is 0. The van der Waals surface area contributed by atoms with Crippen LogP contribution in [0.5, 0.6) is 0 Å². The minimum atomic E-state index is -1.28. The van der Waals surface area contributed by atoms with Crippen molar-refractivity contribution in [3.8, 4) is 0 Å². The normalized spacial score (nSPS) is 12.4. The van der Waals surface area contributed by atoms with Crippen molar-refractivity contribution in [2.24, 2.45) is 5.73 Å². The predicted octanol–water partition coefficient (Wildman–Crippen LogP) is 0.535. The number of aromatic carboxylic acids is 1. The minimum Gasteiger partial charge on any atom is -0.477 e. The summed E-state index contributed by atoms with van der Waals surface area (Å²) in [5, 5.41) is 22.2. The first-order valence-electron chi connectivity index (χ1n) is 5.92. The number of nitrogens with one attached hydrogen (secondary N) is 1. The Morgan fingerprint density at radius 2 is 2.05 bits per heavy atom. The number of aliphatic hydroxyl groups excluding tert-OH is 1. The molecule has 2 aromatic rings. The molecule has 1 atom stereocenters. The lowest BCUT2D eigenvalue weighted by Crippen LogP contribution is -2.37. The van der Waals surface area contributed by atoms with Gasteiger partial charge in [-0.1, -0.05) is 18.2 Å². The maximum atomic E-state index is 11.3. The van der Waals surface area contributed by atoms with Crippen molar-refractivity contribution < 1.29 is 19.8 Å². The zero-order chi connectivity index (χ0) is 14.7. The first-order chi connectivity index (χ1) is 9.50. The number of nitrogens with two attached hydrogens (primary N) is 1. The van der Waals surface area contributed by atoms with E-state index in [2.05, 4.69) is 5.32 Å². The number of fused-ring (bicyclic) bond motifs is 1. The van der Waals surface area contributed by atoms with Crippen molar-refractivity contribution in [2.75, 3.05) is 6.54 Å². The molecule has 0 radical (unpaired) electrons. The first kappa shape index (κ1) is 14.4. The van der Waals surface area contributed by atoms with Crippen LogP contribution in [-0.4, -0.2) is 34.7 Å². The Morgan fingerprint density at radius 3 is 2.70 bits per heavy atom. The number of benzene rings is 1. The van der Waals surface area contributed by atoms with Crippen molar-refractivity contribution in [1.82, 2.24) is 5.32 Å². The standard InChI is InChI=1S/C13H14N2O4S/c14-12(17)9(16)6-15-5-8-7-3-1-2-4-10(7)20-11(8)13(18)19/h1-4,9,15-16H,5-6H2,(H2,14,17)(H,18,19). The molecule has 7 heteroatoms. The monoisotopic (exact) mass is 294 g/mol. The molecule has 0 saturated carbocycles. The molecule has 1 unspecified atom stereocenters. The number of rotatable bonds is 6. The highest BCUT2D eigenvalue weighted by Crippen LogP contribution is 2.31. The van der Waals surface area contributed by atoms with Gasteiger partial charge < -0.3 is 21.3 Å². The highest BCUT2D eigenvalue weighted by atomic mass is 32.1. The number of primary amides is 1. The zero-order valence-corrected chi connectivity index (χ0v) is 11.3. The summed E-state index contributed by atoms with van der Waals surface area (Å²) in [5.74, 6) is -1.80. The Balaban J connectivity index is 2.21. The third-order valence-corrected chi connectivity index (χ3v) is 4.06.